The molecule has 0 aliphatic rings. The Morgan fingerprint density at radius 1 is 1.70 bits per heavy atom. The number of hydrogen-bond acceptors (Lipinski definition) is 4. The van der Waals surface area contributed by atoms with E-state index in [9.17, 15) is 4.79 Å². The number of carbonyl (C=O) groups is 1. The fourth-order valence-corrected chi connectivity index (χ4v) is 0.396. The number of carbonyl (C=O) groups excluding carboxylic acids is 1. The lowest BCUT2D eigenvalue weighted by atomic mass is 10.3. The summed E-state index contributed by atoms with van der Waals surface area (Å²) < 4.78 is 4.30. The number of rotatable bonds is 2. The zero-order chi connectivity index (χ0) is 7.98. The van der Waals surface area contributed by atoms with E-state index < -0.39 is 5.97 Å². The molecule has 0 aliphatic heterocycles. The first-order valence-electron chi connectivity index (χ1n) is 2.61. The lowest BCUT2D eigenvalue weighted by Crippen LogP contribution is -2.05. The summed E-state index contributed by atoms with van der Waals surface area (Å²) in [6.07, 6.45) is 1.87. The molecule has 0 spiro atoms. The Morgan fingerprint density at radius 2 is 2.30 bits per heavy atom. The van der Waals surface area contributed by atoms with E-state index in [4.69, 9.17) is 5.11 Å². The van der Waals surface area contributed by atoms with Crippen LogP contribution in [0.2, 0.25) is 0 Å². The van der Waals surface area contributed by atoms with E-state index in [0.717, 1.165) is 0 Å². The molecule has 0 aliphatic carbocycles. The summed E-state index contributed by atoms with van der Waals surface area (Å²) in [5.74, 6) is -0.604. The van der Waals surface area contributed by atoms with E-state index in [1.807, 2.05) is 0 Å². The molecule has 0 fully saturated rings. The fraction of sp³-hybridized carbons (Fsp3) is 0.333. The molecule has 10 heavy (non-hydrogen) atoms. The van der Waals surface area contributed by atoms with Crippen molar-refractivity contribution in [3.63, 3.8) is 0 Å². The molecule has 0 saturated carbocycles. The molecule has 0 amide bonds. The van der Waals surface area contributed by atoms with Gasteiger partial charge in [-0.2, -0.15) is 0 Å². The second-order valence-electron chi connectivity index (χ2n) is 1.46. The minimum Gasteiger partial charge on any atom is -0.515 e. The first-order chi connectivity index (χ1) is 4.76. The van der Waals surface area contributed by atoms with Gasteiger partial charge in [-0.1, -0.05) is 0 Å². The summed E-state index contributed by atoms with van der Waals surface area (Å²) >= 11 is 0. The average molecular weight is 143 g/mol. The number of aliphatic hydroxyl groups excluding tert-OH is 1. The van der Waals surface area contributed by atoms with Gasteiger partial charge in [-0.05, 0) is 0 Å². The Kier molecular flexibility index (Phi) is 3.95. The highest BCUT2D eigenvalue weighted by Gasteiger charge is 2.04. The van der Waals surface area contributed by atoms with Crippen LogP contribution in [0, 0.1) is 0 Å². The van der Waals surface area contributed by atoms with Crippen molar-refractivity contribution in [3.8, 4) is 0 Å². The van der Waals surface area contributed by atoms with Gasteiger partial charge in [0.25, 0.3) is 0 Å². The van der Waals surface area contributed by atoms with Gasteiger partial charge in [0.15, 0.2) is 0 Å². The molecular formula is C6H9NO3. The average Bonchev–Trinajstić information content (AvgIpc) is 1.99. The molecule has 0 unspecified atom stereocenters. The van der Waals surface area contributed by atoms with E-state index in [2.05, 4.69) is 9.73 Å². The number of aliphatic imine (C=N–C) groups is 1. The predicted octanol–water partition coefficient (Wildman–Crippen LogP) is 0.302. The van der Waals surface area contributed by atoms with Crippen molar-refractivity contribution in [2.45, 2.75) is 0 Å². The molecule has 0 aromatic heterocycles. The molecule has 0 atom stereocenters. The van der Waals surface area contributed by atoms with Gasteiger partial charge in [-0.3, -0.25) is 4.99 Å². The maximum absolute atomic E-state index is 10.6. The lowest BCUT2D eigenvalue weighted by molar-refractivity contribution is -0.135. The first-order valence-corrected chi connectivity index (χ1v) is 2.61. The molecule has 0 aromatic rings. The molecule has 0 radical (unpaired) electrons. The number of ether oxygens (including phenoxy) is 1. The van der Waals surface area contributed by atoms with Crippen LogP contribution in [-0.2, 0) is 9.53 Å². The predicted molar refractivity (Wildman–Crippen MR) is 37.1 cm³/mol. The molecule has 0 aromatic carbocycles. The molecule has 4 nitrogen and oxygen atoms in total. The minimum absolute atomic E-state index is 0.0324. The van der Waals surface area contributed by atoms with Crippen LogP contribution in [0.5, 0.6) is 0 Å². The van der Waals surface area contributed by atoms with E-state index in [-0.39, 0.29) is 5.57 Å². The van der Waals surface area contributed by atoms with Gasteiger partial charge in [0.1, 0.15) is 5.57 Å². The van der Waals surface area contributed by atoms with Crippen molar-refractivity contribution in [1.29, 1.82) is 0 Å². The second kappa shape index (κ2) is 4.55. The van der Waals surface area contributed by atoms with Crippen LogP contribution in [-0.4, -0.2) is 31.4 Å². The van der Waals surface area contributed by atoms with E-state index in [1.165, 1.54) is 20.4 Å². The molecule has 4 heteroatoms. The summed E-state index contributed by atoms with van der Waals surface area (Å²) in [6.45, 7) is 0. The highest BCUT2D eigenvalue weighted by molar-refractivity contribution is 6.09. The van der Waals surface area contributed by atoms with Crippen molar-refractivity contribution < 1.29 is 14.6 Å². The van der Waals surface area contributed by atoms with Crippen molar-refractivity contribution >= 4 is 12.2 Å². The van der Waals surface area contributed by atoms with Gasteiger partial charge in [-0.15, -0.1) is 0 Å². The Hall–Kier alpha value is -1.32. The Balaban J connectivity index is 4.23. The molecular weight excluding hydrogens is 134 g/mol. The van der Waals surface area contributed by atoms with Gasteiger partial charge in [-0.25, -0.2) is 4.79 Å². The monoisotopic (exact) mass is 143 g/mol. The smallest absolute Gasteiger partial charge is 0.342 e. The largest absolute Gasteiger partial charge is 0.515 e. The van der Waals surface area contributed by atoms with E-state index in [0.29, 0.717) is 6.26 Å². The third-order valence-electron chi connectivity index (χ3n) is 0.828. The third-order valence-corrected chi connectivity index (χ3v) is 0.828. The summed E-state index contributed by atoms with van der Waals surface area (Å²) in [4.78, 5) is 14.1. The minimum atomic E-state index is -0.604. The molecule has 0 bridgehead atoms. The Bertz CT molecular complexity index is 172. The summed E-state index contributed by atoms with van der Waals surface area (Å²) in [6, 6.07) is 0. The van der Waals surface area contributed by atoms with Crippen molar-refractivity contribution in [3.05, 3.63) is 11.8 Å². The van der Waals surface area contributed by atoms with Gasteiger partial charge in [0, 0.05) is 13.3 Å². The number of hydrogen-bond donors (Lipinski definition) is 1. The third kappa shape index (κ3) is 2.30. The Labute approximate surface area is 58.8 Å². The standard InChI is InChI=1S/C6H9NO3/c1-7-3-5(4-8)6(9)10-2/h3-4,8H,1-2H3/b5-4+,7-3?. The molecule has 1 N–H and O–H groups in total. The van der Waals surface area contributed by atoms with Crippen LogP contribution in [0.1, 0.15) is 0 Å². The van der Waals surface area contributed by atoms with Crippen LogP contribution >= 0.6 is 0 Å². The lowest BCUT2D eigenvalue weighted by Gasteiger charge is -1.94. The summed E-state index contributed by atoms with van der Waals surface area (Å²) in [5.41, 5.74) is 0.0324. The van der Waals surface area contributed by atoms with Crippen LogP contribution in [0.3, 0.4) is 0 Å². The SMILES string of the molecule is CN=C/C(=C\O)C(=O)OC. The zero-order valence-electron chi connectivity index (χ0n) is 5.87. The number of esters is 1. The number of methoxy groups -OCH3 is 1. The number of nitrogens with zero attached hydrogens (tertiary/aromatic N) is 1. The van der Waals surface area contributed by atoms with Gasteiger partial charge in [0.05, 0.1) is 13.4 Å². The molecule has 0 heterocycles. The van der Waals surface area contributed by atoms with Crippen LogP contribution in [0.4, 0.5) is 0 Å². The highest BCUT2D eigenvalue weighted by Crippen LogP contribution is 1.90. The van der Waals surface area contributed by atoms with Crippen molar-refractivity contribution in [2.75, 3.05) is 14.2 Å². The van der Waals surface area contributed by atoms with Crippen molar-refractivity contribution in [1.82, 2.24) is 0 Å². The molecule has 0 saturated heterocycles. The van der Waals surface area contributed by atoms with Gasteiger partial charge in [0.2, 0.25) is 0 Å². The van der Waals surface area contributed by atoms with Crippen LogP contribution < -0.4 is 0 Å². The quantitative estimate of drug-likeness (QED) is 0.262. The maximum Gasteiger partial charge on any atom is 0.342 e. The normalized spacial score (nSPS) is 12.0. The molecule has 0 rings (SSSR count). The second-order valence-corrected chi connectivity index (χ2v) is 1.46. The maximum atomic E-state index is 10.6. The van der Waals surface area contributed by atoms with Crippen LogP contribution in [0.25, 0.3) is 0 Å². The van der Waals surface area contributed by atoms with E-state index >= 15 is 0 Å². The molecule has 56 valence electrons. The first kappa shape index (κ1) is 8.68. The summed E-state index contributed by atoms with van der Waals surface area (Å²) in [7, 11) is 2.72. The summed E-state index contributed by atoms with van der Waals surface area (Å²) in [5, 5.41) is 8.40. The van der Waals surface area contributed by atoms with E-state index in [1.54, 1.807) is 0 Å². The highest BCUT2D eigenvalue weighted by atomic mass is 16.5. The topological polar surface area (TPSA) is 58.9 Å². The zero-order valence-corrected chi connectivity index (χ0v) is 5.87. The Morgan fingerprint density at radius 3 is 2.60 bits per heavy atom. The van der Waals surface area contributed by atoms with Crippen LogP contribution in [0.15, 0.2) is 16.8 Å². The number of aliphatic hydroxyl groups is 1. The van der Waals surface area contributed by atoms with Gasteiger partial charge >= 0.3 is 5.97 Å². The van der Waals surface area contributed by atoms with Crippen molar-refractivity contribution in [2.24, 2.45) is 4.99 Å². The fourth-order valence-electron chi connectivity index (χ4n) is 0.396. The van der Waals surface area contributed by atoms with Gasteiger partial charge < -0.3 is 9.84 Å².